The van der Waals surface area contributed by atoms with E-state index in [0.29, 0.717) is 4.80 Å². The molecule has 1 heterocycles. The molecule has 0 radical (unpaired) electrons. The van der Waals surface area contributed by atoms with Gasteiger partial charge in [-0.15, -0.1) is 4.80 Å². The zero-order valence-corrected chi connectivity index (χ0v) is 9.34. The Morgan fingerprint density at radius 2 is 1.69 bits per heavy atom. The molecule has 0 saturated heterocycles. The van der Waals surface area contributed by atoms with Crippen LogP contribution in [0.1, 0.15) is 0 Å². The van der Waals surface area contributed by atoms with E-state index in [2.05, 4.69) is 15.4 Å². The van der Waals surface area contributed by atoms with E-state index in [1.165, 1.54) is 0 Å². The van der Waals surface area contributed by atoms with Crippen LogP contribution in [0.25, 0.3) is 0 Å². The van der Waals surface area contributed by atoms with E-state index in [0.717, 1.165) is 0 Å². The van der Waals surface area contributed by atoms with E-state index in [9.17, 15) is 4.39 Å². The fourth-order valence-corrected chi connectivity index (χ4v) is 0.800. The number of hydrogen-bond donors (Lipinski definition) is 0. The van der Waals surface area contributed by atoms with Gasteiger partial charge in [0.15, 0.2) is 0 Å². The van der Waals surface area contributed by atoms with Crippen LogP contribution in [-0.4, -0.2) is 24.0 Å². The molecule has 0 aliphatic rings. The van der Waals surface area contributed by atoms with Crippen molar-refractivity contribution in [1.29, 1.82) is 0 Å². The Kier molecular flexibility index (Phi) is 3.14. The smallest absolute Gasteiger partial charge is 0.158 e. The van der Waals surface area contributed by atoms with Crippen LogP contribution in [0.15, 0.2) is 0 Å². The van der Waals surface area contributed by atoms with E-state index >= 15 is 0 Å². The molecule has 74 valence electrons. The molecule has 0 aromatic carbocycles. The summed E-state index contributed by atoms with van der Waals surface area (Å²) in [5.74, 6) is 0. The summed E-state index contributed by atoms with van der Waals surface area (Å²) < 4.78 is 8.07. The summed E-state index contributed by atoms with van der Waals surface area (Å²) >= 11 is 27.3. The first kappa shape index (κ1) is 11.5. The molecule has 0 fully saturated rings. The van der Waals surface area contributed by atoms with Gasteiger partial charge in [0.05, 0.1) is 0 Å². The van der Waals surface area contributed by atoms with E-state index in [1.54, 1.807) is 0 Å². The van der Waals surface area contributed by atoms with Crippen molar-refractivity contribution >= 4 is 58.0 Å². The van der Waals surface area contributed by atoms with Gasteiger partial charge in [-0.25, -0.2) is 0 Å². The van der Waals surface area contributed by atoms with Crippen LogP contribution in [0.3, 0.4) is 0 Å². The lowest BCUT2D eigenvalue weighted by Gasteiger charge is -2.24. The van der Waals surface area contributed by atoms with Crippen molar-refractivity contribution in [2.24, 2.45) is 0 Å². The summed E-state index contributed by atoms with van der Waals surface area (Å²) in [6, 6.07) is 0. The third-order valence-electron chi connectivity index (χ3n) is 0.981. The summed E-state index contributed by atoms with van der Waals surface area (Å²) in [4.78, 5) is 0.457. The number of alkyl halides is 5. The highest BCUT2D eigenvalue weighted by Crippen LogP contribution is 2.48. The average molecular weight is 288 g/mol. The minimum Gasteiger partial charge on any atom is -0.158 e. The maximum Gasteiger partial charge on any atom is 0.347 e. The van der Waals surface area contributed by atoms with E-state index in [1.807, 2.05) is 0 Å². The number of aromatic nitrogens is 4. The first-order valence-electron chi connectivity index (χ1n) is 2.65. The summed E-state index contributed by atoms with van der Waals surface area (Å²) in [7, 11) is 0. The van der Waals surface area contributed by atoms with Crippen LogP contribution in [0.5, 0.6) is 0 Å². The van der Waals surface area contributed by atoms with Crippen LogP contribution >= 0.6 is 58.0 Å². The summed E-state index contributed by atoms with van der Waals surface area (Å²) in [6.45, 7) is 0. The molecule has 0 bridgehead atoms. The first-order chi connectivity index (χ1) is 5.75. The zero-order valence-electron chi connectivity index (χ0n) is 5.56. The Labute approximate surface area is 96.8 Å². The van der Waals surface area contributed by atoms with Crippen molar-refractivity contribution in [3.8, 4) is 0 Å². The molecular formula is C3Cl5FN4. The largest absolute Gasteiger partial charge is 0.347 e. The third kappa shape index (κ3) is 2.27. The molecule has 0 unspecified atom stereocenters. The van der Waals surface area contributed by atoms with Gasteiger partial charge in [-0.05, 0) is 5.21 Å². The lowest BCUT2D eigenvalue weighted by Crippen LogP contribution is -2.36. The Morgan fingerprint density at radius 1 is 1.15 bits per heavy atom. The van der Waals surface area contributed by atoms with Gasteiger partial charge >= 0.3 is 6.08 Å². The standard InChI is InChI=1S/C3Cl5FN4/c4-2(5,6)3(7,8)13-11-1(9)10-12-13. The molecule has 0 aliphatic carbocycles. The fourth-order valence-electron chi connectivity index (χ4n) is 0.430. The summed E-state index contributed by atoms with van der Waals surface area (Å²) in [5.41, 5.74) is 0. The predicted molar refractivity (Wildman–Crippen MR) is 47.7 cm³/mol. The van der Waals surface area contributed by atoms with Gasteiger partial charge in [0.2, 0.25) is 3.79 Å². The van der Waals surface area contributed by atoms with Crippen LogP contribution in [0, 0.1) is 6.08 Å². The maximum atomic E-state index is 12.3. The minimum atomic E-state index is -2.12. The fraction of sp³-hybridized carbons (Fsp3) is 0.667. The molecule has 0 N–H and O–H groups in total. The number of halogens is 6. The van der Waals surface area contributed by atoms with Crippen LogP contribution < -0.4 is 0 Å². The van der Waals surface area contributed by atoms with Crippen LogP contribution in [0.4, 0.5) is 4.39 Å². The van der Waals surface area contributed by atoms with Gasteiger partial charge in [-0.1, -0.05) is 68.2 Å². The second-order valence-electron chi connectivity index (χ2n) is 1.89. The Bertz CT molecular complexity index is 305. The quantitative estimate of drug-likeness (QED) is 0.745. The number of rotatable bonds is 1. The normalized spacial score (nSPS) is 13.4. The van der Waals surface area contributed by atoms with Gasteiger partial charge in [-0.2, -0.15) is 4.39 Å². The molecule has 0 saturated carbocycles. The monoisotopic (exact) mass is 286 g/mol. The summed E-state index contributed by atoms with van der Waals surface area (Å²) in [5, 5.41) is 9.06. The molecule has 13 heavy (non-hydrogen) atoms. The van der Waals surface area contributed by atoms with Gasteiger partial charge < -0.3 is 0 Å². The molecule has 0 amide bonds. The molecule has 10 heteroatoms. The number of nitrogens with zero attached hydrogens (tertiary/aromatic N) is 4. The van der Waals surface area contributed by atoms with Crippen molar-refractivity contribution in [3.05, 3.63) is 6.08 Å². The van der Waals surface area contributed by atoms with Crippen molar-refractivity contribution < 1.29 is 4.39 Å². The molecular weight excluding hydrogens is 288 g/mol. The Morgan fingerprint density at radius 3 is 2.00 bits per heavy atom. The van der Waals surface area contributed by atoms with Crippen molar-refractivity contribution in [3.63, 3.8) is 0 Å². The molecule has 1 aromatic rings. The maximum absolute atomic E-state index is 12.3. The molecule has 1 rings (SSSR count). The second-order valence-corrected chi connectivity index (χ2v) is 5.46. The lowest BCUT2D eigenvalue weighted by atomic mass is 10.7. The highest BCUT2D eigenvalue weighted by molar-refractivity contribution is 6.74. The number of hydrogen-bond acceptors (Lipinski definition) is 3. The summed E-state index contributed by atoms with van der Waals surface area (Å²) in [6.07, 6.45) is -1.13. The zero-order chi connectivity index (χ0) is 10.3. The highest BCUT2D eigenvalue weighted by Gasteiger charge is 2.50. The van der Waals surface area contributed by atoms with Crippen molar-refractivity contribution in [2.75, 3.05) is 0 Å². The van der Waals surface area contributed by atoms with E-state index in [-0.39, 0.29) is 0 Å². The van der Waals surface area contributed by atoms with Crippen molar-refractivity contribution in [2.45, 2.75) is 8.25 Å². The average Bonchev–Trinajstić information content (AvgIpc) is 2.33. The molecule has 0 aliphatic heterocycles. The SMILES string of the molecule is Fc1nnn(C(Cl)(Cl)C(Cl)(Cl)Cl)n1. The van der Waals surface area contributed by atoms with Crippen LogP contribution in [-0.2, 0) is 4.46 Å². The third-order valence-corrected chi connectivity index (χ3v) is 3.25. The molecule has 1 aromatic heterocycles. The minimum absolute atomic E-state index is 0.457. The van der Waals surface area contributed by atoms with Gasteiger partial charge in [-0.3, -0.25) is 0 Å². The van der Waals surface area contributed by atoms with E-state index in [4.69, 9.17) is 58.0 Å². The lowest BCUT2D eigenvalue weighted by molar-refractivity contribution is 0.444. The number of tetrazole rings is 1. The first-order valence-corrected chi connectivity index (χ1v) is 4.54. The topological polar surface area (TPSA) is 43.6 Å². The molecule has 0 atom stereocenters. The molecule has 4 nitrogen and oxygen atoms in total. The van der Waals surface area contributed by atoms with Crippen molar-refractivity contribution in [1.82, 2.24) is 20.2 Å². The van der Waals surface area contributed by atoms with Gasteiger partial charge in [0.25, 0.3) is 4.46 Å². The Balaban J connectivity index is 3.07. The molecule has 0 spiro atoms. The van der Waals surface area contributed by atoms with Gasteiger partial charge in [0.1, 0.15) is 0 Å². The van der Waals surface area contributed by atoms with E-state index < -0.39 is 14.3 Å². The van der Waals surface area contributed by atoms with Gasteiger partial charge in [0, 0.05) is 0 Å². The van der Waals surface area contributed by atoms with Crippen LogP contribution in [0.2, 0.25) is 0 Å². The highest BCUT2D eigenvalue weighted by atomic mass is 35.6. The Hall–Kier alpha value is 0.450. The predicted octanol–water partition coefficient (Wildman–Crippen LogP) is 2.27. The second kappa shape index (κ2) is 3.55.